The molecule has 4 nitrogen and oxygen atoms in total. The molecule has 0 fully saturated rings. The number of aromatic nitrogens is 2. The zero-order chi connectivity index (χ0) is 12.1. The fourth-order valence-electron chi connectivity index (χ4n) is 1.66. The maximum Gasteiger partial charge on any atom is 0.302 e. The van der Waals surface area contributed by atoms with Gasteiger partial charge in [0.25, 0.3) is 0 Å². The van der Waals surface area contributed by atoms with E-state index in [-0.39, 0.29) is 5.97 Å². The fraction of sp³-hybridized carbons (Fsp3) is 0.231. The minimum atomic E-state index is -0.255. The Balaban J connectivity index is 2.10. The second-order valence-corrected chi connectivity index (χ2v) is 3.73. The Morgan fingerprint density at radius 2 is 2.12 bits per heavy atom. The number of benzene rings is 1. The van der Waals surface area contributed by atoms with Crippen molar-refractivity contribution in [2.24, 2.45) is 0 Å². The molecule has 0 aliphatic carbocycles. The predicted molar refractivity (Wildman–Crippen MR) is 64.4 cm³/mol. The van der Waals surface area contributed by atoms with E-state index in [2.05, 4.69) is 10.2 Å². The lowest BCUT2D eigenvalue weighted by Crippen LogP contribution is -2.03. The number of hydrogen-bond donors (Lipinski definition) is 1. The van der Waals surface area contributed by atoms with Crippen LogP contribution in [0.25, 0.3) is 11.3 Å². The van der Waals surface area contributed by atoms with Crippen LogP contribution >= 0.6 is 0 Å². The van der Waals surface area contributed by atoms with Crippen molar-refractivity contribution in [3.63, 3.8) is 0 Å². The minimum absolute atomic E-state index is 0.255. The van der Waals surface area contributed by atoms with E-state index in [1.54, 1.807) is 6.20 Å². The molecule has 0 aliphatic rings. The third-order valence-corrected chi connectivity index (χ3v) is 2.46. The molecule has 0 aliphatic heterocycles. The molecule has 88 valence electrons. The van der Waals surface area contributed by atoms with Gasteiger partial charge in [0.15, 0.2) is 0 Å². The van der Waals surface area contributed by atoms with E-state index in [0.29, 0.717) is 13.0 Å². The third kappa shape index (κ3) is 2.93. The summed E-state index contributed by atoms with van der Waals surface area (Å²) in [5.41, 5.74) is 3.12. The quantitative estimate of drug-likeness (QED) is 0.819. The maximum absolute atomic E-state index is 10.7. The molecule has 4 heteroatoms. The highest BCUT2D eigenvalue weighted by atomic mass is 16.5. The van der Waals surface area contributed by atoms with Crippen LogP contribution in [0.3, 0.4) is 0 Å². The number of ether oxygens (including phenoxy) is 1. The van der Waals surface area contributed by atoms with Crippen molar-refractivity contribution in [1.29, 1.82) is 0 Å². The molecular weight excluding hydrogens is 216 g/mol. The van der Waals surface area contributed by atoms with Crippen LogP contribution in [-0.4, -0.2) is 22.8 Å². The van der Waals surface area contributed by atoms with Gasteiger partial charge in [-0.15, -0.1) is 0 Å². The number of hydrogen-bond acceptors (Lipinski definition) is 3. The Kier molecular flexibility index (Phi) is 3.55. The van der Waals surface area contributed by atoms with Gasteiger partial charge in [-0.05, 0) is 5.56 Å². The van der Waals surface area contributed by atoms with Gasteiger partial charge in [0.2, 0.25) is 0 Å². The van der Waals surface area contributed by atoms with Crippen molar-refractivity contribution in [2.75, 3.05) is 6.61 Å². The summed E-state index contributed by atoms with van der Waals surface area (Å²) in [5, 5.41) is 7.00. The number of carbonyl (C=O) groups is 1. The molecule has 0 saturated carbocycles. The zero-order valence-corrected chi connectivity index (χ0v) is 9.64. The zero-order valence-electron chi connectivity index (χ0n) is 9.64. The summed E-state index contributed by atoms with van der Waals surface area (Å²) in [6, 6.07) is 9.96. The molecule has 0 saturated heterocycles. The van der Waals surface area contributed by atoms with Crippen LogP contribution in [0.2, 0.25) is 0 Å². The summed E-state index contributed by atoms with van der Waals surface area (Å²) in [6.07, 6.45) is 2.44. The highest BCUT2D eigenvalue weighted by Crippen LogP contribution is 2.20. The first kappa shape index (κ1) is 11.4. The van der Waals surface area contributed by atoms with Crippen molar-refractivity contribution in [3.8, 4) is 11.3 Å². The molecule has 2 rings (SSSR count). The van der Waals surface area contributed by atoms with E-state index >= 15 is 0 Å². The maximum atomic E-state index is 10.7. The number of rotatable bonds is 4. The van der Waals surface area contributed by atoms with Crippen LogP contribution in [0.15, 0.2) is 36.5 Å². The first-order chi connectivity index (χ1) is 8.27. The van der Waals surface area contributed by atoms with Gasteiger partial charge in [0.1, 0.15) is 0 Å². The van der Waals surface area contributed by atoms with Crippen molar-refractivity contribution >= 4 is 5.97 Å². The smallest absolute Gasteiger partial charge is 0.302 e. The summed E-state index contributed by atoms with van der Waals surface area (Å²) < 4.78 is 4.93. The summed E-state index contributed by atoms with van der Waals surface area (Å²) >= 11 is 0. The molecule has 2 aromatic rings. The molecule has 0 bridgehead atoms. The first-order valence-corrected chi connectivity index (χ1v) is 5.48. The highest BCUT2D eigenvalue weighted by Gasteiger charge is 2.07. The number of nitrogens with zero attached hydrogens (tertiary/aromatic N) is 1. The van der Waals surface area contributed by atoms with E-state index in [1.165, 1.54) is 6.92 Å². The standard InChI is InChI=1S/C13H14N2O2/c1-10(16)17-8-7-12-9-14-15-13(12)11-5-3-2-4-6-11/h2-6,9H,7-8H2,1H3,(H,14,15). The number of carbonyl (C=O) groups excluding carboxylic acids is 1. The molecule has 17 heavy (non-hydrogen) atoms. The predicted octanol–water partition coefficient (Wildman–Crippen LogP) is 2.18. The average Bonchev–Trinajstić information content (AvgIpc) is 2.78. The lowest BCUT2D eigenvalue weighted by atomic mass is 10.1. The van der Waals surface area contributed by atoms with Gasteiger partial charge in [-0.2, -0.15) is 5.10 Å². The summed E-state index contributed by atoms with van der Waals surface area (Å²) in [5.74, 6) is -0.255. The molecular formula is C13H14N2O2. The molecule has 1 aromatic heterocycles. The SMILES string of the molecule is CC(=O)OCCc1cn[nH]c1-c1ccccc1. The normalized spacial score (nSPS) is 10.2. The first-order valence-electron chi connectivity index (χ1n) is 5.48. The van der Waals surface area contributed by atoms with Crippen LogP contribution in [-0.2, 0) is 16.0 Å². The summed E-state index contributed by atoms with van der Waals surface area (Å²) in [6.45, 7) is 1.79. The molecule has 1 heterocycles. The number of nitrogens with one attached hydrogen (secondary N) is 1. The van der Waals surface area contributed by atoms with Crippen LogP contribution in [0.5, 0.6) is 0 Å². The largest absolute Gasteiger partial charge is 0.466 e. The molecule has 0 radical (unpaired) electrons. The topological polar surface area (TPSA) is 55.0 Å². The highest BCUT2D eigenvalue weighted by molar-refractivity contribution is 5.66. The number of H-pyrrole nitrogens is 1. The number of esters is 1. The molecule has 0 unspecified atom stereocenters. The Bertz CT molecular complexity index is 491. The van der Waals surface area contributed by atoms with Gasteiger partial charge in [-0.3, -0.25) is 9.89 Å². The Hall–Kier alpha value is -2.10. The van der Waals surface area contributed by atoms with E-state index < -0.39 is 0 Å². The molecule has 1 aromatic carbocycles. The van der Waals surface area contributed by atoms with E-state index in [4.69, 9.17) is 4.74 Å². The Morgan fingerprint density at radius 1 is 1.35 bits per heavy atom. The fourth-order valence-corrected chi connectivity index (χ4v) is 1.66. The second kappa shape index (κ2) is 5.30. The van der Waals surface area contributed by atoms with E-state index in [9.17, 15) is 4.79 Å². The van der Waals surface area contributed by atoms with Gasteiger partial charge >= 0.3 is 5.97 Å². The van der Waals surface area contributed by atoms with Crippen molar-refractivity contribution in [3.05, 3.63) is 42.1 Å². The van der Waals surface area contributed by atoms with Gasteiger partial charge in [-0.25, -0.2) is 0 Å². The van der Waals surface area contributed by atoms with Crippen molar-refractivity contribution in [1.82, 2.24) is 10.2 Å². The third-order valence-electron chi connectivity index (χ3n) is 2.46. The van der Waals surface area contributed by atoms with E-state index in [0.717, 1.165) is 16.8 Å². The van der Waals surface area contributed by atoms with Gasteiger partial charge in [0.05, 0.1) is 18.5 Å². The van der Waals surface area contributed by atoms with Gasteiger partial charge in [-0.1, -0.05) is 30.3 Å². The van der Waals surface area contributed by atoms with Gasteiger partial charge < -0.3 is 4.74 Å². The summed E-state index contributed by atoms with van der Waals surface area (Å²) in [7, 11) is 0. The van der Waals surface area contributed by atoms with Crippen LogP contribution in [0, 0.1) is 0 Å². The van der Waals surface area contributed by atoms with E-state index in [1.807, 2.05) is 30.3 Å². The van der Waals surface area contributed by atoms with Crippen molar-refractivity contribution in [2.45, 2.75) is 13.3 Å². The molecule has 0 amide bonds. The average molecular weight is 230 g/mol. The lowest BCUT2D eigenvalue weighted by Gasteiger charge is -2.03. The Labute approximate surface area is 99.6 Å². The molecule has 1 N–H and O–H groups in total. The van der Waals surface area contributed by atoms with Crippen LogP contribution in [0.4, 0.5) is 0 Å². The van der Waals surface area contributed by atoms with Crippen molar-refractivity contribution < 1.29 is 9.53 Å². The molecule has 0 spiro atoms. The number of aromatic amines is 1. The minimum Gasteiger partial charge on any atom is -0.466 e. The molecule has 0 atom stereocenters. The van der Waals surface area contributed by atoms with Gasteiger partial charge in [0, 0.05) is 18.9 Å². The summed E-state index contributed by atoms with van der Waals surface area (Å²) in [4.78, 5) is 10.7. The lowest BCUT2D eigenvalue weighted by molar-refractivity contribution is -0.140. The Morgan fingerprint density at radius 3 is 2.82 bits per heavy atom. The van der Waals surface area contributed by atoms with Crippen LogP contribution in [0.1, 0.15) is 12.5 Å². The monoisotopic (exact) mass is 230 g/mol. The second-order valence-electron chi connectivity index (χ2n) is 3.73. The van der Waals surface area contributed by atoms with Crippen LogP contribution < -0.4 is 0 Å².